The molecule has 4 nitrogen and oxygen atoms in total. The van der Waals surface area contributed by atoms with Gasteiger partial charge in [-0.05, 0) is 13.0 Å². The predicted octanol–water partition coefficient (Wildman–Crippen LogP) is 1.99. The number of alkyl halides is 2. The molecule has 1 heterocycles. The number of aryl methyl sites for hydroxylation is 1. The van der Waals surface area contributed by atoms with Gasteiger partial charge in [-0.2, -0.15) is 5.26 Å². The monoisotopic (exact) mass is 226 g/mol. The minimum absolute atomic E-state index is 0.0270. The second kappa shape index (κ2) is 4.66. The van der Waals surface area contributed by atoms with E-state index in [0.29, 0.717) is 0 Å². The van der Waals surface area contributed by atoms with Crippen LogP contribution >= 0.6 is 0 Å². The first-order chi connectivity index (χ1) is 7.51. The minimum atomic E-state index is -2.75. The molecule has 0 unspecified atom stereocenters. The van der Waals surface area contributed by atoms with Crippen molar-refractivity contribution in [3.8, 4) is 6.07 Å². The van der Waals surface area contributed by atoms with Crippen LogP contribution in [-0.2, 0) is 4.74 Å². The van der Waals surface area contributed by atoms with Gasteiger partial charge in [0.05, 0.1) is 12.7 Å². The van der Waals surface area contributed by atoms with Crippen LogP contribution in [0.5, 0.6) is 0 Å². The molecule has 0 aliphatic carbocycles. The summed E-state index contributed by atoms with van der Waals surface area (Å²) in [7, 11) is 1.10. The van der Waals surface area contributed by atoms with Crippen molar-refractivity contribution >= 4 is 5.97 Å². The number of aromatic nitrogens is 1. The maximum absolute atomic E-state index is 12.5. The minimum Gasteiger partial charge on any atom is -0.465 e. The molecule has 1 rings (SSSR count). The lowest BCUT2D eigenvalue weighted by Gasteiger charge is -2.07. The molecule has 1 aromatic heterocycles. The molecule has 6 heteroatoms. The Labute approximate surface area is 90.5 Å². The van der Waals surface area contributed by atoms with Gasteiger partial charge in [0.1, 0.15) is 6.07 Å². The zero-order chi connectivity index (χ0) is 12.3. The Balaban J connectivity index is 3.42. The van der Waals surface area contributed by atoms with Gasteiger partial charge in [-0.25, -0.2) is 18.6 Å². The maximum atomic E-state index is 12.5. The number of rotatable bonds is 2. The lowest BCUT2D eigenvalue weighted by molar-refractivity contribution is 0.0599. The van der Waals surface area contributed by atoms with Gasteiger partial charge in [0.15, 0.2) is 5.69 Å². The molecular formula is C10H8F2N2O2. The second-order valence-electron chi connectivity index (χ2n) is 2.96. The van der Waals surface area contributed by atoms with Crippen LogP contribution in [0.1, 0.15) is 33.7 Å². The number of ether oxygens (including phenoxy) is 1. The average Bonchev–Trinajstić information content (AvgIpc) is 2.27. The fourth-order valence-corrected chi connectivity index (χ4v) is 1.19. The van der Waals surface area contributed by atoms with Crippen molar-refractivity contribution in [3.05, 3.63) is 28.6 Å². The molecule has 0 spiro atoms. The largest absolute Gasteiger partial charge is 0.465 e. The first-order valence-electron chi connectivity index (χ1n) is 4.29. The quantitative estimate of drug-likeness (QED) is 0.723. The van der Waals surface area contributed by atoms with Crippen molar-refractivity contribution in [2.75, 3.05) is 7.11 Å². The number of pyridine rings is 1. The molecule has 16 heavy (non-hydrogen) atoms. The summed E-state index contributed by atoms with van der Waals surface area (Å²) in [6, 6.07) is 2.60. The summed E-state index contributed by atoms with van der Waals surface area (Å²) in [5, 5.41) is 8.71. The van der Waals surface area contributed by atoms with E-state index in [0.717, 1.165) is 13.2 Å². The summed E-state index contributed by atoms with van der Waals surface area (Å²) in [4.78, 5) is 14.9. The molecule has 0 aromatic carbocycles. The summed E-state index contributed by atoms with van der Waals surface area (Å²) in [6.07, 6.45) is -2.75. The second-order valence-corrected chi connectivity index (χ2v) is 2.96. The molecular weight excluding hydrogens is 218 g/mol. The number of esters is 1. The number of hydrogen-bond acceptors (Lipinski definition) is 4. The van der Waals surface area contributed by atoms with E-state index in [2.05, 4.69) is 9.72 Å². The number of methoxy groups -OCH3 is 1. The van der Waals surface area contributed by atoms with E-state index in [4.69, 9.17) is 5.26 Å². The third-order valence-electron chi connectivity index (χ3n) is 2.00. The van der Waals surface area contributed by atoms with Crippen LogP contribution in [-0.4, -0.2) is 18.1 Å². The summed E-state index contributed by atoms with van der Waals surface area (Å²) in [6.45, 7) is 1.35. The Morgan fingerprint density at radius 2 is 2.25 bits per heavy atom. The van der Waals surface area contributed by atoms with Gasteiger partial charge in [0, 0.05) is 11.3 Å². The fraction of sp³-hybridized carbons (Fsp3) is 0.300. The standard InChI is InChI=1S/C10H8F2N2O2/c1-5-6(9(11)12)3-7(10(15)16-2)8(4-13)14-5/h3,9H,1-2H3. The van der Waals surface area contributed by atoms with Crippen molar-refractivity contribution in [2.45, 2.75) is 13.3 Å². The van der Waals surface area contributed by atoms with Gasteiger partial charge in [0.2, 0.25) is 0 Å². The van der Waals surface area contributed by atoms with Gasteiger partial charge in [0.25, 0.3) is 6.43 Å². The van der Waals surface area contributed by atoms with Crippen molar-refractivity contribution in [2.24, 2.45) is 0 Å². The average molecular weight is 226 g/mol. The Kier molecular flexibility index (Phi) is 3.51. The van der Waals surface area contributed by atoms with E-state index in [9.17, 15) is 13.6 Å². The molecule has 1 aromatic rings. The zero-order valence-corrected chi connectivity index (χ0v) is 8.62. The van der Waals surface area contributed by atoms with Crippen molar-refractivity contribution < 1.29 is 18.3 Å². The molecule has 0 aliphatic heterocycles. The van der Waals surface area contributed by atoms with Crippen LogP contribution in [0.3, 0.4) is 0 Å². The van der Waals surface area contributed by atoms with Crippen LogP contribution < -0.4 is 0 Å². The molecule has 0 radical (unpaired) electrons. The molecule has 0 amide bonds. The number of hydrogen-bond donors (Lipinski definition) is 0. The van der Waals surface area contributed by atoms with E-state index in [-0.39, 0.29) is 22.5 Å². The number of nitriles is 1. The first-order valence-corrected chi connectivity index (χ1v) is 4.29. The highest BCUT2D eigenvalue weighted by Gasteiger charge is 2.20. The molecule has 0 fully saturated rings. The van der Waals surface area contributed by atoms with Crippen LogP contribution in [0.15, 0.2) is 6.07 Å². The number of nitrogens with zero attached hydrogens (tertiary/aromatic N) is 2. The smallest absolute Gasteiger partial charge is 0.340 e. The van der Waals surface area contributed by atoms with Crippen molar-refractivity contribution in [1.82, 2.24) is 4.98 Å². The van der Waals surface area contributed by atoms with Crippen LogP contribution in [0.2, 0.25) is 0 Å². The highest BCUT2D eigenvalue weighted by Crippen LogP contribution is 2.24. The van der Waals surface area contributed by atoms with Gasteiger partial charge in [-0.1, -0.05) is 0 Å². The van der Waals surface area contributed by atoms with E-state index in [1.165, 1.54) is 6.92 Å². The van der Waals surface area contributed by atoms with Crippen molar-refractivity contribution in [1.29, 1.82) is 5.26 Å². The Morgan fingerprint density at radius 1 is 1.62 bits per heavy atom. The van der Waals surface area contributed by atoms with E-state index < -0.39 is 12.4 Å². The highest BCUT2D eigenvalue weighted by molar-refractivity contribution is 5.91. The molecule has 0 atom stereocenters. The summed E-state index contributed by atoms with van der Waals surface area (Å²) >= 11 is 0. The van der Waals surface area contributed by atoms with Crippen molar-refractivity contribution in [3.63, 3.8) is 0 Å². The van der Waals surface area contributed by atoms with Gasteiger partial charge in [-0.3, -0.25) is 0 Å². The maximum Gasteiger partial charge on any atom is 0.340 e. The van der Waals surface area contributed by atoms with E-state index in [1.807, 2.05) is 0 Å². The first kappa shape index (κ1) is 12.0. The summed E-state index contributed by atoms with van der Waals surface area (Å²) in [5.41, 5.74) is -0.807. The third kappa shape index (κ3) is 2.14. The summed E-state index contributed by atoms with van der Waals surface area (Å²) < 4.78 is 29.5. The SMILES string of the molecule is COC(=O)c1cc(C(F)F)c(C)nc1C#N. The van der Waals surface area contributed by atoms with Crippen LogP contribution in [0.4, 0.5) is 8.78 Å². The van der Waals surface area contributed by atoms with Crippen LogP contribution in [0.25, 0.3) is 0 Å². The number of halogens is 2. The predicted molar refractivity (Wildman–Crippen MR) is 50.0 cm³/mol. The lowest BCUT2D eigenvalue weighted by Crippen LogP contribution is -2.09. The van der Waals surface area contributed by atoms with Gasteiger partial charge < -0.3 is 4.74 Å². The van der Waals surface area contributed by atoms with Gasteiger partial charge >= 0.3 is 5.97 Å². The Bertz CT molecular complexity index is 467. The van der Waals surface area contributed by atoms with Gasteiger partial charge in [-0.15, -0.1) is 0 Å². The Morgan fingerprint density at radius 3 is 2.69 bits per heavy atom. The highest BCUT2D eigenvalue weighted by atomic mass is 19.3. The molecule has 0 N–H and O–H groups in total. The fourth-order valence-electron chi connectivity index (χ4n) is 1.19. The normalized spacial score (nSPS) is 10.0. The topological polar surface area (TPSA) is 63.0 Å². The van der Waals surface area contributed by atoms with E-state index >= 15 is 0 Å². The Hall–Kier alpha value is -2.03. The van der Waals surface area contributed by atoms with Crippen LogP contribution in [0, 0.1) is 18.3 Å². The summed E-state index contributed by atoms with van der Waals surface area (Å²) in [5.74, 6) is -0.856. The lowest BCUT2D eigenvalue weighted by atomic mass is 10.1. The van der Waals surface area contributed by atoms with E-state index in [1.54, 1.807) is 6.07 Å². The number of carbonyl (C=O) groups excluding carboxylic acids is 1. The third-order valence-corrected chi connectivity index (χ3v) is 2.00. The molecule has 0 saturated carbocycles. The zero-order valence-electron chi connectivity index (χ0n) is 8.62. The number of carbonyl (C=O) groups is 1. The molecule has 84 valence electrons. The molecule has 0 bridgehead atoms. The molecule has 0 saturated heterocycles. The molecule has 0 aliphatic rings.